The SMILES string of the molecule is O=C(CCc1c[nH]c2ccccc12)Nc1cc(C(F)(F)F)ccc1N1CCCC1. The molecule has 1 aliphatic rings. The molecule has 0 bridgehead atoms. The lowest BCUT2D eigenvalue weighted by molar-refractivity contribution is -0.137. The Bertz CT molecular complexity index is 1020. The summed E-state index contributed by atoms with van der Waals surface area (Å²) in [5.41, 5.74) is 2.13. The highest BCUT2D eigenvalue weighted by atomic mass is 19.4. The van der Waals surface area contributed by atoms with Crippen molar-refractivity contribution in [2.45, 2.75) is 31.9 Å². The molecule has 2 N–H and O–H groups in total. The van der Waals surface area contributed by atoms with Crippen LogP contribution in [0.5, 0.6) is 0 Å². The number of carbonyl (C=O) groups excluding carboxylic acids is 1. The summed E-state index contributed by atoms with van der Waals surface area (Å²) in [5.74, 6) is -0.296. The lowest BCUT2D eigenvalue weighted by atomic mass is 10.1. The third kappa shape index (κ3) is 4.23. The summed E-state index contributed by atoms with van der Waals surface area (Å²) in [6, 6.07) is 11.4. The van der Waals surface area contributed by atoms with Gasteiger partial charge >= 0.3 is 6.18 Å². The van der Waals surface area contributed by atoms with Crippen LogP contribution in [0, 0.1) is 0 Å². The molecule has 7 heteroatoms. The van der Waals surface area contributed by atoms with Crippen LogP contribution < -0.4 is 10.2 Å². The second-order valence-electron chi connectivity index (χ2n) is 7.33. The first-order valence-corrected chi connectivity index (χ1v) is 9.73. The summed E-state index contributed by atoms with van der Waals surface area (Å²) in [6.07, 6.45) is 0.111. The number of H-pyrrole nitrogens is 1. The lowest BCUT2D eigenvalue weighted by Gasteiger charge is -2.23. The smallest absolute Gasteiger partial charge is 0.370 e. The Kier molecular flexibility index (Phi) is 5.22. The number of para-hydroxylation sites is 1. The van der Waals surface area contributed by atoms with Crippen molar-refractivity contribution in [1.82, 2.24) is 4.98 Å². The largest absolute Gasteiger partial charge is 0.416 e. The van der Waals surface area contributed by atoms with Crippen LogP contribution >= 0.6 is 0 Å². The zero-order valence-corrected chi connectivity index (χ0v) is 15.9. The van der Waals surface area contributed by atoms with E-state index >= 15 is 0 Å². The van der Waals surface area contributed by atoms with Gasteiger partial charge < -0.3 is 15.2 Å². The van der Waals surface area contributed by atoms with E-state index in [0.29, 0.717) is 12.1 Å². The zero-order chi connectivity index (χ0) is 20.4. The lowest BCUT2D eigenvalue weighted by Crippen LogP contribution is -2.22. The number of aryl methyl sites for hydroxylation is 1. The number of benzene rings is 2. The second-order valence-corrected chi connectivity index (χ2v) is 7.33. The van der Waals surface area contributed by atoms with Crippen LogP contribution in [-0.2, 0) is 17.4 Å². The molecular formula is C22H22F3N3O. The first kappa shape index (κ1) is 19.4. The highest BCUT2D eigenvalue weighted by Gasteiger charge is 2.32. The van der Waals surface area contributed by atoms with E-state index in [1.807, 2.05) is 35.4 Å². The minimum absolute atomic E-state index is 0.192. The molecule has 2 aromatic carbocycles. The summed E-state index contributed by atoms with van der Waals surface area (Å²) in [5, 5.41) is 3.77. The average Bonchev–Trinajstić information content (AvgIpc) is 3.36. The van der Waals surface area contributed by atoms with Gasteiger partial charge in [0.15, 0.2) is 0 Å². The Labute approximate surface area is 166 Å². The third-order valence-electron chi connectivity index (χ3n) is 5.34. The number of amides is 1. The van der Waals surface area contributed by atoms with E-state index in [1.165, 1.54) is 6.07 Å². The number of carbonyl (C=O) groups is 1. The Balaban J connectivity index is 1.51. The molecule has 4 nitrogen and oxygen atoms in total. The van der Waals surface area contributed by atoms with Gasteiger partial charge in [0.05, 0.1) is 16.9 Å². The normalized spacial score (nSPS) is 14.5. The number of alkyl halides is 3. The minimum atomic E-state index is -4.45. The predicted octanol–water partition coefficient (Wildman–Crippen LogP) is 5.36. The molecule has 1 saturated heterocycles. The third-order valence-corrected chi connectivity index (χ3v) is 5.34. The molecular weight excluding hydrogens is 379 g/mol. The zero-order valence-electron chi connectivity index (χ0n) is 15.9. The van der Waals surface area contributed by atoms with Crippen LogP contribution in [0.1, 0.15) is 30.4 Å². The Morgan fingerprint density at radius 1 is 1.10 bits per heavy atom. The molecule has 152 valence electrons. The standard InChI is InChI=1S/C22H22F3N3O/c23-22(24,25)16-8-9-20(28-11-3-4-12-28)19(13-16)27-21(29)10-7-15-14-26-18-6-2-1-5-17(15)18/h1-2,5-6,8-9,13-14,26H,3-4,7,10-12H2,(H,27,29). The van der Waals surface area contributed by atoms with Crippen molar-refractivity contribution in [2.75, 3.05) is 23.3 Å². The second kappa shape index (κ2) is 7.81. The fourth-order valence-electron chi connectivity index (χ4n) is 3.85. The number of aromatic nitrogens is 1. The molecule has 1 fully saturated rings. The van der Waals surface area contributed by atoms with Gasteiger partial charge in [-0.05, 0) is 49.1 Å². The van der Waals surface area contributed by atoms with Crippen LogP contribution in [0.4, 0.5) is 24.5 Å². The van der Waals surface area contributed by atoms with E-state index in [2.05, 4.69) is 10.3 Å². The summed E-state index contributed by atoms with van der Waals surface area (Å²) >= 11 is 0. The first-order valence-electron chi connectivity index (χ1n) is 9.73. The van der Waals surface area contributed by atoms with Crippen LogP contribution in [0.3, 0.4) is 0 Å². The molecule has 0 atom stereocenters. The van der Waals surface area contributed by atoms with Gasteiger partial charge in [-0.2, -0.15) is 13.2 Å². The molecule has 29 heavy (non-hydrogen) atoms. The van der Waals surface area contributed by atoms with Gasteiger partial charge in [0.2, 0.25) is 5.91 Å². The molecule has 3 aromatic rings. The summed E-state index contributed by atoms with van der Waals surface area (Å²) < 4.78 is 39.5. The van der Waals surface area contributed by atoms with Crippen molar-refractivity contribution in [3.63, 3.8) is 0 Å². The Morgan fingerprint density at radius 2 is 1.86 bits per heavy atom. The number of fused-ring (bicyclic) bond motifs is 1. The Hall–Kier alpha value is -2.96. The number of anilines is 2. The van der Waals surface area contributed by atoms with Gasteiger partial charge in [0.1, 0.15) is 0 Å². The van der Waals surface area contributed by atoms with E-state index in [4.69, 9.17) is 0 Å². The van der Waals surface area contributed by atoms with Crippen LogP contribution in [0.2, 0.25) is 0 Å². The topological polar surface area (TPSA) is 48.1 Å². The number of nitrogens with zero attached hydrogens (tertiary/aromatic N) is 1. The van der Waals surface area contributed by atoms with E-state index in [9.17, 15) is 18.0 Å². The van der Waals surface area contributed by atoms with Gasteiger partial charge in [-0.15, -0.1) is 0 Å². The van der Waals surface area contributed by atoms with Crippen molar-refractivity contribution < 1.29 is 18.0 Å². The van der Waals surface area contributed by atoms with Crippen molar-refractivity contribution in [3.05, 3.63) is 59.8 Å². The average molecular weight is 401 g/mol. The summed E-state index contributed by atoms with van der Waals surface area (Å²) in [7, 11) is 0. The van der Waals surface area contributed by atoms with E-state index in [-0.39, 0.29) is 18.0 Å². The quantitative estimate of drug-likeness (QED) is 0.605. The maximum Gasteiger partial charge on any atom is 0.416 e. The molecule has 0 aliphatic carbocycles. The highest BCUT2D eigenvalue weighted by molar-refractivity contribution is 5.95. The number of hydrogen-bond acceptors (Lipinski definition) is 2. The number of hydrogen-bond donors (Lipinski definition) is 2. The van der Waals surface area contributed by atoms with Gasteiger partial charge in [-0.3, -0.25) is 4.79 Å². The van der Waals surface area contributed by atoms with Crippen molar-refractivity contribution in [2.24, 2.45) is 0 Å². The van der Waals surface area contributed by atoms with E-state index in [0.717, 1.165) is 54.5 Å². The number of aromatic amines is 1. The van der Waals surface area contributed by atoms with Crippen LogP contribution in [0.25, 0.3) is 10.9 Å². The molecule has 1 aromatic heterocycles. The number of rotatable bonds is 5. The van der Waals surface area contributed by atoms with Crippen LogP contribution in [0.15, 0.2) is 48.7 Å². The Morgan fingerprint density at radius 3 is 2.62 bits per heavy atom. The van der Waals surface area contributed by atoms with E-state index in [1.54, 1.807) is 0 Å². The predicted molar refractivity (Wildman–Crippen MR) is 108 cm³/mol. The molecule has 4 rings (SSSR count). The fourth-order valence-corrected chi connectivity index (χ4v) is 3.85. The minimum Gasteiger partial charge on any atom is -0.370 e. The summed E-state index contributed by atoms with van der Waals surface area (Å²) in [6.45, 7) is 1.56. The highest BCUT2D eigenvalue weighted by Crippen LogP contribution is 2.36. The number of halogens is 3. The van der Waals surface area contributed by atoms with Gasteiger partial charge in [0, 0.05) is 36.6 Å². The molecule has 0 spiro atoms. The molecule has 1 aliphatic heterocycles. The molecule has 0 saturated carbocycles. The first-order chi connectivity index (χ1) is 13.9. The molecule has 0 unspecified atom stereocenters. The van der Waals surface area contributed by atoms with Crippen molar-refractivity contribution in [1.29, 1.82) is 0 Å². The van der Waals surface area contributed by atoms with Crippen LogP contribution in [-0.4, -0.2) is 24.0 Å². The maximum absolute atomic E-state index is 13.2. The molecule has 0 radical (unpaired) electrons. The fraction of sp³-hybridized carbons (Fsp3) is 0.318. The van der Waals surface area contributed by atoms with Gasteiger partial charge in [0.25, 0.3) is 0 Å². The summed E-state index contributed by atoms with van der Waals surface area (Å²) in [4.78, 5) is 17.7. The van der Waals surface area contributed by atoms with E-state index < -0.39 is 11.7 Å². The molecule has 1 amide bonds. The molecule has 2 heterocycles. The number of nitrogens with one attached hydrogen (secondary N) is 2. The van der Waals surface area contributed by atoms with Crippen molar-refractivity contribution >= 4 is 28.2 Å². The maximum atomic E-state index is 13.2. The van der Waals surface area contributed by atoms with Gasteiger partial charge in [-0.25, -0.2) is 0 Å². The monoisotopic (exact) mass is 401 g/mol. The van der Waals surface area contributed by atoms with Crippen molar-refractivity contribution in [3.8, 4) is 0 Å². The van der Waals surface area contributed by atoms with Gasteiger partial charge in [-0.1, -0.05) is 18.2 Å².